The molecule has 0 aliphatic carbocycles. The fourth-order valence-electron chi connectivity index (χ4n) is 3.33. The van der Waals surface area contributed by atoms with Crippen LogP contribution in [-0.4, -0.2) is 13.0 Å². The van der Waals surface area contributed by atoms with Gasteiger partial charge in [-0.3, -0.25) is 4.55 Å². The zero-order valence-electron chi connectivity index (χ0n) is 15.7. The van der Waals surface area contributed by atoms with Crippen molar-refractivity contribution >= 4 is 10.1 Å². The smallest absolute Gasteiger partial charge is 0.282 e. The van der Waals surface area contributed by atoms with E-state index in [9.17, 15) is 8.42 Å². The highest BCUT2D eigenvalue weighted by atomic mass is 32.2. The normalized spacial score (nSPS) is 15.9. The summed E-state index contributed by atoms with van der Waals surface area (Å²) in [5.74, 6) is 1.93. The van der Waals surface area contributed by atoms with Crippen LogP contribution in [0.25, 0.3) is 0 Å². The first-order valence-corrected chi connectivity index (χ1v) is 10.8. The van der Waals surface area contributed by atoms with Crippen LogP contribution in [0.15, 0.2) is 29.2 Å². The van der Waals surface area contributed by atoms with Gasteiger partial charge in [0.1, 0.15) is 0 Å². The van der Waals surface area contributed by atoms with Gasteiger partial charge in [0.2, 0.25) is 0 Å². The van der Waals surface area contributed by atoms with Gasteiger partial charge in [0.15, 0.2) is 0 Å². The van der Waals surface area contributed by atoms with Gasteiger partial charge in [-0.1, -0.05) is 71.9 Å². The Morgan fingerprint density at radius 1 is 0.917 bits per heavy atom. The van der Waals surface area contributed by atoms with Crippen molar-refractivity contribution < 1.29 is 13.0 Å². The molecule has 3 unspecified atom stereocenters. The third-order valence-electron chi connectivity index (χ3n) is 4.94. The van der Waals surface area contributed by atoms with Crippen LogP contribution >= 0.6 is 0 Å². The summed E-state index contributed by atoms with van der Waals surface area (Å²) in [6, 6.07) is 6.60. The summed E-state index contributed by atoms with van der Waals surface area (Å²) in [5.41, 5.74) is 1.13. The number of rotatable bonds is 11. The lowest BCUT2D eigenvalue weighted by molar-refractivity contribution is 0.356. The van der Waals surface area contributed by atoms with E-state index in [1.165, 1.54) is 50.7 Å². The summed E-state index contributed by atoms with van der Waals surface area (Å²) in [6.07, 6.45) is 8.91. The van der Waals surface area contributed by atoms with E-state index < -0.39 is 10.1 Å². The highest BCUT2D eigenvalue weighted by Crippen LogP contribution is 2.27. The third kappa shape index (κ3) is 7.80. The predicted octanol–water partition coefficient (Wildman–Crippen LogP) is 6.06. The average molecular weight is 355 g/mol. The summed E-state index contributed by atoms with van der Waals surface area (Å²) in [4.78, 5) is -0.0345. The van der Waals surface area contributed by atoms with Gasteiger partial charge >= 0.3 is 0 Å². The maximum Gasteiger partial charge on any atom is 0.294 e. The van der Waals surface area contributed by atoms with Gasteiger partial charge in [0.25, 0.3) is 10.1 Å². The van der Waals surface area contributed by atoms with E-state index in [2.05, 4.69) is 27.7 Å². The van der Waals surface area contributed by atoms with Gasteiger partial charge in [-0.15, -0.1) is 0 Å². The molecule has 0 aromatic heterocycles. The van der Waals surface area contributed by atoms with Gasteiger partial charge in [-0.2, -0.15) is 8.42 Å². The highest BCUT2D eigenvalue weighted by molar-refractivity contribution is 7.85. The molecule has 0 saturated carbocycles. The van der Waals surface area contributed by atoms with Gasteiger partial charge < -0.3 is 0 Å². The predicted molar refractivity (Wildman–Crippen MR) is 101 cm³/mol. The van der Waals surface area contributed by atoms with Crippen LogP contribution in [0.2, 0.25) is 0 Å². The molecular weight excluding hydrogens is 320 g/mol. The van der Waals surface area contributed by atoms with E-state index in [4.69, 9.17) is 4.55 Å². The number of hydrogen-bond acceptors (Lipinski definition) is 2. The molecule has 1 aromatic carbocycles. The van der Waals surface area contributed by atoms with Crippen molar-refractivity contribution in [2.24, 2.45) is 11.8 Å². The fourth-order valence-corrected chi connectivity index (χ4v) is 3.81. The Labute approximate surface area is 148 Å². The SMILES string of the molecule is CCCCCC(C)CC(C)CCC(C)c1ccc(S(=O)(=O)O)cc1. The Kier molecular flexibility index (Phi) is 8.99. The van der Waals surface area contributed by atoms with Crippen molar-refractivity contribution in [1.82, 2.24) is 0 Å². The zero-order valence-corrected chi connectivity index (χ0v) is 16.5. The van der Waals surface area contributed by atoms with Crippen LogP contribution in [0.1, 0.15) is 84.1 Å². The maximum absolute atomic E-state index is 11.1. The van der Waals surface area contributed by atoms with E-state index in [-0.39, 0.29) is 4.90 Å². The summed E-state index contributed by atoms with van der Waals surface area (Å²) >= 11 is 0. The van der Waals surface area contributed by atoms with Crippen molar-refractivity contribution in [1.29, 1.82) is 0 Å². The molecule has 3 nitrogen and oxygen atoms in total. The lowest BCUT2D eigenvalue weighted by Crippen LogP contribution is -2.05. The Morgan fingerprint density at radius 3 is 2.04 bits per heavy atom. The lowest BCUT2D eigenvalue weighted by Gasteiger charge is -2.19. The van der Waals surface area contributed by atoms with E-state index in [0.29, 0.717) is 5.92 Å². The average Bonchev–Trinajstić information content (AvgIpc) is 2.52. The number of unbranched alkanes of at least 4 members (excludes halogenated alkanes) is 2. The van der Waals surface area contributed by atoms with Gasteiger partial charge in [-0.05, 0) is 48.3 Å². The Morgan fingerprint density at radius 2 is 1.50 bits per heavy atom. The van der Waals surface area contributed by atoms with Crippen LogP contribution in [-0.2, 0) is 10.1 Å². The van der Waals surface area contributed by atoms with Gasteiger partial charge in [-0.25, -0.2) is 0 Å². The largest absolute Gasteiger partial charge is 0.294 e. The minimum absolute atomic E-state index is 0.0345. The minimum Gasteiger partial charge on any atom is -0.282 e. The molecule has 1 aromatic rings. The van der Waals surface area contributed by atoms with Crippen molar-refractivity contribution in [3.05, 3.63) is 29.8 Å². The molecule has 24 heavy (non-hydrogen) atoms. The first-order valence-electron chi connectivity index (χ1n) is 9.31. The maximum atomic E-state index is 11.1. The topological polar surface area (TPSA) is 54.4 Å². The second-order valence-corrected chi connectivity index (χ2v) is 8.89. The summed E-state index contributed by atoms with van der Waals surface area (Å²) in [5, 5.41) is 0. The van der Waals surface area contributed by atoms with E-state index in [1.807, 2.05) is 12.1 Å². The van der Waals surface area contributed by atoms with Crippen molar-refractivity contribution in [3.63, 3.8) is 0 Å². The van der Waals surface area contributed by atoms with Crippen LogP contribution in [0, 0.1) is 11.8 Å². The Balaban J connectivity index is 2.41. The van der Waals surface area contributed by atoms with E-state index in [0.717, 1.165) is 23.8 Å². The van der Waals surface area contributed by atoms with Crippen LogP contribution < -0.4 is 0 Å². The zero-order chi connectivity index (χ0) is 18.2. The molecule has 1 N–H and O–H groups in total. The van der Waals surface area contributed by atoms with E-state index in [1.54, 1.807) is 0 Å². The molecule has 0 aliphatic rings. The van der Waals surface area contributed by atoms with Crippen LogP contribution in [0.5, 0.6) is 0 Å². The van der Waals surface area contributed by atoms with Crippen molar-refractivity contribution in [2.45, 2.75) is 83.5 Å². The summed E-state index contributed by atoms with van der Waals surface area (Å²) in [7, 11) is -4.09. The monoisotopic (exact) mass is 354 g/mol. The molecule has 0 saturated heterocycles. The van der Waals surface area contributed by atoms with Crippen molar-refractivity contribution in [3.8, 4) is 0 Å². The molecule has 0 spiro atoms. The quantitative estimate of drug-likeness (QED) is 0.388. The third-order valence-corrected chi connectivity index (χ3v) is 5.81. The molecular formula is C20H34O3S. The lowest BCUT2D eigenvalue weighted by atomic mass is 9.87. The molecule has 0 radical (unpaired) electrons. The van der Waals surface area contributed by atoms with Crippen LogP contribution in [0.3, 0.4) is 0 Å². The molecule has 0 bridgehead atoms. The molecule has 3 atom stereocenters. The van der Waals surface area contributed by atoms with E-state index >= 15 is 0 Å². The highest BCUT2D eigenvalue weighted by Gasteiger charge is 2.13. The summed E-state index contributed by atoms with van der Waals surface area (Å²) in [6.45, 7) is 9.13. The molecule has 0 aliphatic heterocycles. The first-order chi connectivity index (χ1) is 11.2. The molecule has 0 heterocycles. The van der Waals surface area contributed by atoms with Gasteiger partial charge in [0, 0.05) is 0 Å². The number of hydrogen-bond donors (Lipinski definition) is 1. The second kappa shape index (κ2) is 10.2. The molecule has 1 rings (SSSR count). The fraction of sp³-hybridized carbons (Fsp3) is 0.700. The second-order valence-electron chi connectivity index (χ2n) is 7.46. The minimum atomic E-state index is -4.09. The molecule has 4 heteroatoms. The first kappa shape index (κ1) is 21.2. The van der Waals surface area contributed by atoms with Crippen LogP contribution in [0.4, 0.5) is 0 Å². The molecule has 138 valence electrons. The number of benzene rings is 1. The summed E-state index contributed by atoms with van der Waals surface area (Å²) < 4.78 is 31.2. The van der Waals surface area contributed by atoms with Crippen molar-refractivity contribution in [2.75, 3.05) is 0 Å². The molecule has 0 fully saturated rings. The Bertz CT molecular complexity index is 563. The standard InChI is InChI=1S/C20H34O3S/c1-5-6-7-8-16(2)15-17(3)9-10-18(4)19-11-13-20(14-12-19)24(21,22)23/h11-14,16-18H,5-10,15H2,1-4H3,(H,21,22,23). The van der Waals surface area contributed by atoms with Gasteiger partial charge in [0.05, 0.1) is 4.90 Å². The molecule has 0 amide bonds. The Hall–Kier alpha value is -0.870.